The zero-order valence-electron chi connectivity index (χ0n) is 9.92. The van der Waals surface area contributed by atoms with E-state index >= 15 is 0 Å². The minimum absolute atomic E-state index is 0.0551. The second kappa shape index (κ2) is 4.53. The molecule has 0 radical (unpaired) electrons. The molecule has 19 heavy (non-hydrogen) atoms. The highest BCUT2D eigenvalue weighted by Crippen LogP contribution is 2.31. The minimum atomic E-state index is -4.48. The third-order valence-corrected chi connectivity index (χ3v) is 2.71. The second-order valence-corrected chi connectivity index (χ2v) is 4.12. The van der Waals surface area contributed by atoms with Gasteiger partial charge in [0.2, 0.25) is 0 Å². The van der Waals surface area contributed by atoms with E-state index in [9.17, 15) is 17.6 Å². The number of alkyl halides is 3. The van der Waals surface area contributed by atoms with E-state index in [1.54, 1.807) is 6.92 Å². The molecule has 0 unspecified atom stereocenters. The van der Waals surface area contributed by atoms with Crippen molar-refractivity contribution >= 4 is 5.69 Å². The van der Waals surface area contributed by atoms with Crippen molar-refractivity contribution in [2.75, 3.05) is 5.73 Å². The number of anilines is 1. The smallest absolute Gasteiger partial charge is 0.396 e. The zero-order chi connectivity index (χ0) is 14.2. The summed E-state index contributed by atoms with van der Waals surface area (Å²) < 4.78 is 50.4. The lowest BCUT2D eigenvalue weighted by Crippen LogP contribution is -2.07. The van der Waals surface area contributed by atoms with Crippen molar-refractivity contribution in [1.29, 1.82) is 0 Å². The van der Waals surface area contributed by atoms with E-state index in [1.165, 1.54) is 18.2 Å². The normalized spacial score (nSPS) is 11.6. The van der Waals surface area contributed by atoms with Gasteiger partial charge in [-0.05, 0) is 36.2 Å². The SMILES string of the molecule is Cc1cc(F)c(N)cc1-c1ccc(C(F)(F)F)nc1. The number of halogens is 4. The van der Waals surface area contributed by atoms with Crippen LogP contribution in [0.5, 0.6) is 0 Å². The Morgan fingerprint density at radius 2 is 1.84 bits per heavy atom. The first kappa shape index (κ1) is 13.3. The number of hydrogen-bond acceptors (Lipinski definition) is 2. The molecule has 1 aromatic carbocycles. The van der Waals surface area contributed by atoms with Crippen molar-refractivity contribution in [3.05, 3.63) is 47.5 Å². The van der Waals surface area contributed by atoms with Crippen LogP contribution in [-0.2, 0) is 6.18 Å². The predicted molar refractivity (Wildman–Crippen MR) is 63.8 cm³/mol. The van der Waals surface area contributed by atoms with Crippen molar-refractivity contribution in [2.45, 2.75) is 13.1 Å². The number of benzene rings is 1. The van der Waals surface area contributed by atoms with Crippen molar-refractivity contribution in [3.63, 3.8) is 0 Å². The van der Waals surface area contributed by atoms with Crippen molar-refractivity contribution in [1.82, 2.24) is 4.98 Å². The van der Waals surface area contributed by atoms with Gasteiger partial charge in [-0.2, -0.15) is 13.2 Å². The van der Waals surface area contributed by atoms with Gasteiger partial charge in [-0.3, -0.25) is 4.98 Å². The molecule has 0 spiro atoms. The van der Waals surface area contributed by atoms with Gasteiger partial charge in [0.25, 0.3) is 0 Å². The molecule has 100 valence electrons. The molecule has 2 rings (SSSR count). The molecule has 0 fully saturated rings. The van der Waals surface area contributed by atoms with Crippen LogP contribution in [-0.4, -0.2) is 4.98 Å². The highest BCUT2D eigenvalue weighted by molar-refractivity contribution is 5.70. The summed E-state index contributed by atoms with van der Waals surface area (Å²) in [6.45, 7) is 1.65. The maximum absolute atomic E-state index is 13.2. The van der Waals surface area contributed by atoms with E-state index in [4.69, 9.17) is 5.73 Å². The van der Waals surface area contributed by atoms with Gasteiger partial charge < -0.3 is 5.73 Å². The van der Waals surface area contributed by atoms with Crippen LogP contribution in [0.25, 0.3) is 11.1 Å². The minimum Gasteiger partial charge on any atom is -0.396 e. The van der Waals surface area contributed by atoms with Crippen LogP contribution in [0.2, 0.25) is 0 Å². The fourth-order valence-corrected chi connectivity index (χ4v) is 1.72. The Balaban J connectivity index is 2.46. The lowest BCUT2D eigenvalue weighted by molar-refractivity contribution is -0.141. The van der Waals surface area contributed by atoms with Crippen LogP contribution in [0.3, 0.4) is 0 Å². The predicted octanol–water partition coefficient (Wildman–Crippen LogP) is 3.80. The first-order valence-electron chi connectivity index (χ1n) is 5.38. The standard InChI is InChI=1S/C13H10F4N2/c1-7-4-10(14)11(18)5-9(7)8-2-3-12(19-6-8)13(15,16)17/h2-6H,18H2,1H3. The molecule has 0 bridgehead atoms. The topological polar surface area (TPSA) is 38.9 Å². The van der Waals surface area contributed by atoms with Crippen molar-refractivity contribution in [3.8, 4) is 11.1 Å². The monoisotopic (exact) mass is 270 g/mol. The molecule has 0 aliphatic heterocycles. The van der Waals surface area contributed by atoms with E-state index in [0.717, 1.165) is 12.3 Å². The van der Waals surface area contributed by atoms with E-state index in [-0.39, 0.29) is 5.69 Å². The third-order valence-electron chi connectivity index (χ3n) is 2.71. The van der Waals surface area contributed by atoms with Gasteiger partial charge in [-0.25, -0.2) is 4.39 Å². The molecule has 0 atom stereocenters. The Morgan fingerprint density at radius 1 is 1.16 bits per heavy atom. The summed E-state index contributed by atoms with van der Waals surface area (Å²) in [4.78, 5) is 3.36. The largest absolute Gasteiger partial charge is 0.433 e. The molecule has 0 amide bonds. The van der Waals surface area contributed by atoms with Gasteiger partial charge in [0.15, 0.2) is 0 Å². The van der Waals surface area contributed by atoms with Crippen LogP contribution in [0.1, 0.15) is 11.3 Å². The number of hydrogen-bond donors (Lipinski definition) is 1. The summed E-state index contributed by atoms with van der Waals surface area (Å²) in [5.41, 5.74) is 6.02. The molecule has 0 saturated carbocycles. The molecule has 2 nitrogen and oxygen atoms in total. The first-order chi connectivity index (χ1) is 8.79. The highest BCUT2D eigenvalue weighted by atomic mass is 19.4. The van der Waals surface area contributed by atoms with E-state index < -0.39 is 17.7 Å². The quantitative estimate of drug-likeness (QED) is 0.632. The maximum atomic E-state index is 13.2. The Bertz CT molecular complexity index is 603. The molecule has 1 aromatic heterocycles. The fourth-order valence-electron chi connectivity index (χ4n) is 1.72. The average Bonchev–Trinajstić information content (AvgIpc) is 2.33. The molecule has 2 N–H and O–H groups in total. The molecular formula is C13H10F4N2. The molecule has 1 heterocycles. The van der Waals surface area contributed by atoms with E-state index in [1.807, 2.05) is 0 Å². The van der Waals surface area contributed by atoms with Crippen LogP contribution in [0.15, 0.2) is 30.5 Å². The Hall–Kier alpha value is -2.11. The molecule has 0 aliphatic rings. The average molecular weight is 270 g/mol. The summed E-state index contributed by atoms with van der Waals surface area (Å²) >= 11 is 0. The van der Waals surface area contributed by atoms with Gasteiger partial charge in [-0.15, -0.1) is 0 Å². The molecule has 6 heteroatoms. The number of pyridine rings is 1. The number of nitrogen functional groups attached to an aromatic ring is 1. The summed E-state index contributed by atoms with van der Waals surface area (Å²) in [7, 11) is 0. The molecular weight excluding hydrogens is 260 g/mol. The number of rotatable bonds is 1. The van der Waals surface area contributed by atoms with Gasteiger partial charge in [0, 0.05) is 11.8 Å². The summed E-state index contributed by atoms with van der Waals surface area (Å²) in [5, 5.41) is 0. The van der Waals surface area contributed by atoms with Gasteiger partial charge in [0.1, 0.15) is 11.5 Å². The number of aryl methyl sites for hydroxylation is 1. The van der Waals surface area contributed by atoms with Gasteiger partial charge >= 0.3 is 6.18 Å². The Labute approximate surface area is 106 Å². The lowest BCUT2D eigenvalue weighted by atomic mass is 10.0. The zero-order valence-corrected chi connectivity index (χ0v) is 9.92. The number of nitrogens with zero attached hydrogens (tertiary/aromatic N) is 1. The number of nitrogens with two attached hydrogens (primary N) is 1. The number of aromatic nitrogens is 1. The summed E-state index contributed by atoms with van der Waals surface area (Å²) in [5.74, 6) is -0.555. The van der Waals surface area contributed by atoms with Crippen molar-refractivity contribution < 1.29 is 17.6 Å². The lowest BCUT2D eigenvalue weighted by Gasteiger charge is -2.10. The van der Waals surface area contributed by atoms with Crippen LogP contribution < -0.4 is 5.73 Å². The molecule has 0 saturated heterocycles. The van der Waals surface area contributed by atoms with E-state index in [2.05, 4.69) is 4.98 Å². The van der Waals surface area contributed by atoms with Crippen LogP contribution in [0, 0.1) is 12.7 Å². The Morgan fingerprint density at radius 3 is 2.37 bits per heavy atom. The van der Waals surface area contributed by atoms with Crippen molar-refractivity contribution in [2.24, 2.45) is 0 Å². The molecule has 0 aliphatic carbocycles. The van der Waals surface area contributed by atoms with Gasteiger partial charge in [-0.1, -0.05) is 6.07 Å². The van der Waals surface area contributed by atoms with Crippen LogP contribution >= 0.6 is 0 Å². The summed E-state index contributed by atoms with van der Waals surface area (Å²) in [6.07, 6.45) is -3.38. The summed E-state index contributed by atoms with van der Waals surface area (Å²) in [6, 6.07) is 4.79. The van der Waals surface area contributed by atoms with Gasteiger partial charge in [0.05, 0.1) is 5.69 Å². The highest BCUT2D eigenvalue weighted by Gasteiger charge is 2.32. The maximum Gasteiger partial charge on any atom is 0.433 e. The first-order valence-corrected chi connectivity index (χ1v) is 5.38. The molecule has 2 aromatic rings. The Kier molecular flexibility index (Phi) is 3.18. The van der Waals surface area contributed by atoms with E-state index in [0.29, 0.717) is 16.7 Å². The fraction of sp³-hybridized carbons (Fsp3) is 0.154. The third kappa shape index (κ3) is 2.67. The second-order valence-electron chi connectivity index (χ2n) is 4.12. The van der Waals surface area contributed by atoms with Crippen LogP contribution in [0.4, 0.5) is 23.2 Å².